The van der Waals surface area contributed by atoms with E-state index in [1.807, 2.05) is 48.0 Å². The first-order chi connectivity index (χ1) is 10.1. The van der Waals surface area contributed by atoms with Gasteiger partial charge in [0.25, 0.3) is 0 Å². The summed E-state index contributed by atoms with van der Waals surface area (Å²) in [4.78, 5) is 12.4. The highest BCUT2D eigenvalue weighted by molar-refractivity contribution is 5.95. The van der Waals surface area contributed by atoms with Gasteiger partial charge in [-0.05, 0) is 26.0 Å². The van der Waals surface area contributed by atoms with Crippen molar-refractivity contribution in [2.75, 3.05) is 0 Å². The summed E-state index contributed by atoms with van der Waals surface area (Å²) in [6.07, 6.45) is 1.96. The van der Waals surface area contributed by atoms with Crippen molar-refractivity contribution < 1.29 is 26.3 Å². The van der Waals surface area contributed by atoms with Crippen LogP contribution in [0.1, 0.15) is 21.5 Å². The number of hydrogen-bond donors (Lipinski definition) is 0. The number of halogens is 1. The normalized spacial score (nSPS) is 10.3. The Kier molecular flexibility index (Phi) is 5.09. The molecule has 3 heteroatoms. The standard InChI is InChI=1S/C19H18NO.BrH/c1-14-5-8-16(9-6-14)19(21)13-20-11-3-4-17-12-15(2)7-10-18(17)20;/h3-12H,13H2,1-2H3;1H/q+1;/p-1. The zero-order valence-corrected chi connectivity index (χ0v) is 14.3. The SMILES string of the molecule is Cc1ccc(C(=O)C[n+]2cccc3cc(C)ccc32)cc1.[Br-]. The maximum absolute atomic E-state index is 12.4. The second-order valence-corrected chi connectivity index (χ2v) is 5.49. The zero-order valence-electron chi connectivity index (χ0n) is 12.7. The lowest BCUT2D eigenvalue weighted by atomic mass is 10.1. The molecule has 0 fully saturated rings. The van der Waals surface area contributed by atoms with Crippen molar-refractivity contribution in [3.8, 4) is 0 Å². The van der Waals surface area contributed by atoms with Crippen molar-refractivity contribution in [3.63, 3.8) is 0 Å². The van der Waals surface area contributed by atoms with Crippen LogP contribution >= 0.6 is 0 Å². The number of nitrogens with zero attached hydrogens (tertiary/aromatic N) is 1. The lowest BCUT2D eigenvalue weighted by molar-refractivity contribution is -0.657. The molecule has 0 aliphatic heterocycles. The van der Waals surface area contributed by atoms with Gasteiger partial charge in [0, 0.05) is 23.1 Å². The highest BCUT2D eigenvalue weighted by atomic mass is 79.9. The van der Waals surface area contributed by atoms with Crippen LogP contribution in [-0.2, 0) is 6.54 Å². The first kappa shape index (κ1) is 16.4. The molecule has 0 aliphatic carbocycles. The summed E-state index contributed by atoms with van der Waals surface area (Å²) in [5, 5.41) is 1.16. The number of benzene rings is 2. The number of Topliss-reactive ketones (excluding diaryl/α,β-unsaturated/α-hetero) is 1. The van der Waals surface area contributed by atoms with Crippen LogP contribution in [0.25, 0.3) is 10.9 Å². The molecular formula is C19H18BrNO. The zero-order chi connectivity index (χ0) is 14.8. The fourth-order valence-electron chi connectivity index (χ4n) is 2.52. The molecule has 2 aromatic carbocycles. The topological polar surface area (TPSA) is 20.9 Å². The van der Waals surface area contributed by atoms with E-state index in [0.29, 0.717) is 6.54 Å². The monoisotopic (exact) mass is 355 g/mol. The summed E-state index contributed by atoms with van der Waals surface area (Å²) in [7, 11) is 0. The van der Waals surface area contributed by atoms with E-state index in [0.717, 1.165) is 16.5 Å². The number of aromatic nitrogens is 1. The van der Waals surface area contributed by atoms with Gasteiger partial charge in [-0.3, -0.25) is 4.79 Å². The number of carbonyl (C=O) groups is 1. The Hall–Kier alpha value is -2.00. The van der Waals surface area contributed by atoms with Gasteiger partial charge < -0.3 is 17.0 Å². The molecule has 1 aromatic heterocycles. The van der Waals surface area contributed by atoms with Crippen molar-refractivity contribution >= 4 is 16.7 Å². The van der Waals surface area contributed by atoms with Gasteiger partial charge in [-0.15, -0.1) is 0 Å². The molecule has 0 radical (unpaired) electrons. The number of carbonyl (C=O) groups excluding carboxylic acids is 1. The van der Waals surface area contributed by atoms with Crippen molar-refractivity contribution in [1.29, 1.82) is 0 Å². The quantitative estimate of drug-likeness (QED) is 0.498. The van der Waals surface area contributed by atoms with Gasteiger partial charge in [0.2, 0.25) is 17.8 Å². The van der Waals surface area contributed by atoms with Crippen LogP contribution in [0.4, 0.5) is 0 Å². The molecule has 3 aromatic rings. The fourth-order valence-corrected chi connectivity index (χ4v) is 2.52. The van der Waals surface area contributed by atoms with E-state index >= 15 is 0 Å². The third kappa shape index (κ3) is 3.42. The predicted molar refractivity (Wildman–Crippen MR) is 84.4 cm³/mol. The summed E-state index contributed by atoms with van der Waals surface area (Å²) >= 11 is 0. The maximum atomic E-state index is 12.4. The van der Waals surface area contributed by atoms with Gasteiger partial charge >= 0.3 is 0 Å². The Bertz CT molecular complexity index is 809. The molecule has 0 unspecified atom stereocenters. The van der Waals surface area contributed by atoms with Crippen LogP contribution in [0, 0.1) is 13.8 Å². The molecule has 112 valence electrons. The van der Waals surface area contributed by atoms with E-state index in [2.05, 4.69) is 31.2 Å². The van der Waals surface area contributed by atoms with Crippen molar-refractivity contribution in [3.05, 3.63) is 77.5 Å². The third-order valence-electron chi connectivity index (χ3n) is 3.72. The molecular weight excluding hydrogens is 338 g/mol. The second kappa shape index (κ2) is 6.84. The van der Waals surface area contributed by atoms with Crippen LogP contribution in [0.5, 0.6) is 0 Å². The molecule has 0 amide bonds. The van der Waals surface area contributed by atoms with Gasteiger partial charge in [0.15, 0.2) is 6.20 Å². The number of fused-ring (bicyclic) bond motifs is 1. The summed E-state index contributed by atoms with van der Waals surface area (Å²) in [6.45, 7) is 4.47. The summed E-state index contributed by atoms with van der Waals surface area (Å²) < 4.78 is 2.01. The van der Waals surface area contributed by atoms with Crippen molar-refractivity contribution in [2.24, 2.45) is 0 Å². The molecule has 1 heterocycles. The average Bonchev–Trinajstić information content (AvgIpc) is 2.47. The molecule has 0 atom stereocenters. The largest absolute Gasteiger partial charge is 1.00 e. The van der Waals surface area contributed by atoms with Crippen LogP contribution in [0.3, 0.4) is 0 Å². The molecule has 0 aliphatic rings. The number of pyridine rings is 1. The Labute approximate surface area is 141 Å². The molecule has 22 heavy (non-hydrogen) atoms. The van der Waals surface area contributed by atoms with Gasteiger partial charge in [0.05, 0.1) is 0 Å². The lowest BCUT2D eigenvalue weighted by Crippen LogP contribution is -3.00. The van der Waals surface area contributed by atoms with E-state index in [9.17, 15) is 4.79 Å². The van der Waals surface area contributed by atoms with Gasteiger partial charge in [-0.25, -0.2) is 0 Å². The first-order valence-electron chi connectivity index (χ1n) is 7.12. The maximum Gasteiger partial charge on any atom is 0.227 e. The second-order valence-electron chi connectivity index (χ2n) is 5.49. The van der Waals surface area contributed by atoms with Crippen molar-refractivity contribution in [1.82, 2.24) is 0 Å². The number of ketones is 1. The highest BCUT2D eigenvalue weighted by Gasteiger charge is 2.15. The molecule has 0 saturated heterocycles. The fraction of sp³-hybridized carbons (Fsp3) is 0.158. The van der Waals surface area contributed by atoms with E-state index in [1.54, 1.807) is 0 Å². The van der Waals surface area contributed by atoms with E-state index < -0.39 is 0 Å². The van der Waals surface area contributed by atoms with E-state index in [1.165, 1.54) is 11.1 Å². The number of aryl methyl sites for hydroxylation is 2. The lowest BCUT2D eigenvalue weighted by Gasteiger charge is -2.03. The Balaban J connectivity index is 0.00000176. The molecule has 0 bridgehead atoms. The van der Waals surface area contributed by atoms with Gasteiger partial charge in [-0.2, -0.15) is 4.57 Å². The Morgan fingerprint density at radius 3 is 2.36 bits per heavy atom. The molecule has 3 rings (SSSR count). The van der Waals surface area contributed by atoms with Crippen LogP contribution in [0.2, 0.25) is 0 Å². The highest BCUT2D eigenvalue weighted by Crippen LogP contribution is 2.12. The third-order valence-corrected chi connectivity index (χ3v) is 3.72. The smallest absolute Gasteiger partial charge is 0.227 e. The molecule has 0 spiro atoms. The number of rotatable bonds is 3. The minimum Gasteiger partial charge on any atom is -1.00 e. The first-order valence-corrected chi connectivity index (χ1v) is 7.12. The Morgan fingerprint density at radius 2 is 1.64 bits per heavy atom. The summed E-state index contributed by atoms with van der Waals surface area (Å²) in [5.74, 6) is 0.132. The van der Waals surface area contributed by atoms with Gasteiger partial charge in [-0.1, -0.05) is 41.5 Å². The van der Waals surface area contributed by atoms with Crippen LogP contribution in [-0.4, -0.2) is 5.78 Å². The minimum atomic E-state index is 0. The number of hydrogen-bond acceptors (Lipinski definition) is 1. The minimum absolute atomic E-state index is 0. The molecule has 0 saturated carbocycles. The molecule has 2 nitrogen and oxygen atoms in total. The van der Waals surface area contributed by atoms with E-state index in [-0.39, 0.29) is 22.8 Å². The summed E-state index contributed by atoms with van der Waals surface area (Å²) in [6, 6.07) is 18.1. The van der Waals surface area contributed by atoms with Crippen molar-refractivity contribution in [2.45, 2.75) is 20.4 Å². The predicted octanol–water partition coefficient (Wildman–Crippen LogP) is 0.631. The average molecular weight is 356 g/mol. The van der Waals surface area contributed by atoms with Gasteiger partial charge in [0.1, 0.15) is 0 Å². The van der Waals surface area contributed by atoms with E-state index in [4.69, 9.17) is 0 Å². The van der Waals surface area contributed by atoms with Crippen LogP contribution in [0.15, 0.2) is 60.8 Å². The summed E-state index contributed by atoms with van der Waals surface area (Å²) in [5.41, 5.74) is 4.24. The van der Waals surface area contributed by atoms with Crippen LogP contribution < -0.4 is 21.5 Å². The Morgan fingerprint density at radius 1 is 0.955 bits per heavy atom. The molecule has 0 N–H and O–H groups in total.